The Morgan fingerprint density at radius 1 is 1.40 bits per heavy atom. The van der Waals surface area contributed by atoms with E-state index in [9.17, 15) is 9.59 Å². The third-order valence-corrected chi connectivity index (χ3v) is 3.88. The van der Waals surface area contributed by atoms with E-state index in [-0.39, 0.29) is 11.7 Å². The number of carboxylic acids is 1. The van der Waals surface area contributed by atoms with E-state index >= 15 is 0 Å². The van der Waals surface area contributed by atoms with Crippen LogP contribution in [0.3, 0.4) is 0 Å². The van der Waals surface area contributed by atoms with Gasteiger partial charge in [-0.1, -0.05) is 6.92 Å². The number of aryl methyl sites for hydroxylation is 1. The summed E-state index contributed by atoms with van der Waals surface area (Å²) in [5.74, 6) is -0.139. The monoisotopic (exact) mass is 280 g/mol. The van der Waals surface area contributed by atoms with Gasteiger partial charge in [0.2, 0.25) is 5.82 Å². The molecule has 1 aliphatic heterocycles. The highest BCUT2D eigenvalue weighted by atomic mass is 16.4. The van der Waals surface area contributed by atoms with Crippen LogP contribution in [0.15, 0.2) is 0 Å². The molecule has 1 amide bonds. The number of nitrogens with one attached hydrogen (secondary N) is 1. The maximum Gasteiger partial charge on any atom is 0.309 e. The molecule has 20 heavy (non-hydrogen) atoms. The highest BCUT2D eigenvalue weighted by Gasteiger charge is 2.38. The van der Waals surface area contributed by atoms with Crippen LogP contribution in [0.5, 0.6) is 0 Å². The van der Waals surface area contributed by atoms with E-state index in [0.29, 0.717) is 31.8 Å². The van der Waals surface area contributed by atoms with E-state index in [1.165, 1.54) is 0 Å². The first kappa shape index (κ1) is 14.5. The van der Waals surface area contributed by atoms with Crippen molar-refractivity contribution in [1.29, 1.82) is 0 Å². The van der Waals surface area contributed by atoms with Crippen molar-refractivity contribution in [2.45, 2.75) is 39.5 Å². The van der Waals surface area contributed by atoms with Crippen molar-refractivity contribution in [3.8, 4) is 0 Å². The second kappa shape index (κ2) is 5.60. The van der Waals surface area contributed by atoms with Crippen LogP contribution in [0.2, 0.25) is 0 Å². The summed E-state index contributed by atoms with van der Waals surface area (Å²) in [7, 11) is 0. The van der Waals surface area contributed by atoms with E-state index in [2.05, 4.69) is 15.2 Å². The summed E-state index contributed by atoms with van der Waals surface area (Å²) in [5.41, 5.74) is -0.733. The summed E-state index contributed by atoms with van der Waals surface area (Å²) in [6, 6.07) is 0. The minimum absolute atomic E-state index is 0.173. The van der Waals surface area contributed by atoms with Crippen LogP contribution >= 0.6 is 0 Å². The fourth-order valence-corrected chi connectivity index (χ4v) is 2.30. The van der Waals surface area contributed by atoms with Gasteiger partial charge in [-0.3, -0.25) is 14.7 Å². The highest BCUT2D eigenvalue weighted by Crippen LogP contribution is 2.31. The Morgan fingerprint density at radius 2 is 2.05 bits per heavy atom. The maximum absolute atomic E-state index is 12.2. The van der Waals surface area contributed by atoms with Crippen molar-refractivity contribution in [2.24, 2.45) is 5.41 Å². The summed E-state index contributed by atoms with van der Waals surface area (Å²) in [6.45, 7) is 4.61. The maximum atomic E-state index is 12.2. The molecule has 2 rings (SSSR count). The first-order valence-corrected chi connectivity index (χ1v) is 6.90. The number of amides is 1. The third-order valence-electron chi connectivity index (χ3n) is 3.88. The first-order chi connectivity index (χ1) is 9.46. The second-order valence-electron chi connectivity index (χ2n) is 5.51. The van der Waals surface area contributed by atoms with Crippen LogP contribution < -0.4 is 0 Å². The molecule has 0 saturated carbocycles. The quantitative estimate of drug-likeness (QED) is 0.860. The van der Waals surface area contributed by atoms with E-state index in [4.69, 9.17) is 5.11 Å². The molecule has 7 heteroatoms. The lowest BCUT2D eigenvalue weighted by atomic mass is 9.80. The van der Waals surface area contributed by atoms with Gasteiger partial charge >= 0.3 is 5.97 Å². The topological polar surface area (TPSA) is 99.2 Å². The van der Waals surface area contributed by atoms with Crippen molar-refractivity contribution in [3.63, 3.8) is 0 Å². The summed E-state index contributed by atoms with van der Waals surface area (Å²) >= 11 is 0. The van der Waals surface area contributed by atoms with Gasteiger partial charge in [0.25, 0.3) is 5.91 Å². The summed E-state index contributed by atoms with van der Waals surface area (Å²) in [4.78, 5) is 29.2. The van der Waals surface area contributed by atoms with E-state index in [1.54, 1.807) is 11.8 Å². The predicted molar refractivity (Wildman–Crippen MR) is 71.3 cm³/mol. The lowest BCUT2D eigenvalue weighted by Gasteiger charge is -2.35. The van der Waals surface area contributed by atoms with Crippen LogP contribution in [0.4, 0.5) is 0 Å². The zero-order valence-corrected chi connectivity index (χ0v) is 11.8. The third kappa shape index (κ3) is 2.81. The number of nitrogens with zero attached hydrogens (tertiary/aromatic N) is 3. The van der Waals surface area contributed by atoms with E-state index < -0.39 is 11.4 Å². The van der Waals surface area contributed by atoms with Crippen molar-refractivity contribution < 1.29 is 14.7 Å². The van der Waals surface area contributed by atoms with Gasteiger partial charge in [0.05, 0.1) is 5.41 Å². The Morgan fingerprint density at radius 3 is 2.60 bits per heavy atom. The molecule has 2 heterocycles. The molecule has 0 aliphatic carbocycles. The number of aliphatic carboxylic acids is 1. The molecule has 2 N–H and O–H groups in total. The lowest BCUT2D eigenvalue weighted by molar-refractivity contribution is -0.150. The number of rotatable bonds is 4. The normalized spacial score (nSPS) is 18.0. The van der Waals surface area contributed by atoms with Gasteiger partial charge in [-0.2, -0.15) is 0 Å². The summed E-state index contributed by atoms with van der Waals surface area (Å²) in [5, 5.41) is 15.9. The zero-order valence-electron chi connectivity index (χ0n) is 11.8. The van der Waals surface area contributed by atoms with Gasteiger partial charge in [0, 0.05) is 19.5 Å². The Labute approximate surface area is 117 Å². The van der Waals surface area contributed by atoms with Gasteiger partial charge in [0.1, 0.15) is 5.82 Å². The number of carbonyl (C=O) groups is 2. The molecule has 0 bridgehead atoms. The van der Waals surface area contributed by atoms with Gasteiger partial charge in [-0.25, -0.2) is 4.98 Å². The van der Waals surface area contributed by atoms with E-state index in [0.717, 1.165) is 12.8 Å². The van der Waals surface area contributed by atoms with Gasteiger partial charge in [-0.05, 0) is 26.2 Å². The molecular weight excluding hydrogens is 260 g/mol. The van der Waals surface area contributed by atoms with Crippen LogP contribution in [-0.4, -0.2) is 50.2 Å². The van der Waals surface area contributed by atoms with Crippen LogP contribution in [0.25, 0.3) is 0 Å². The number of carboxylic acid groups (broad SMARTS) is 1. The van der Waals surface area contributed by atoms with Gasteiger partial charge < -0.3 is 10.0 Å². The number of hydrogen-bond acceptors (Lipinski definition) is 4. The molecule has 110 valence electrons. The SMILES string of the molecule is CCCc1nc(C(=O)N2CCC(C)(C(=O)O)CC2)n[nH]1. The van der Waals surface area contributed by atoms with Crippen LogP contribution in [-0.2, 0) is 11.2 Å². The number of aromatic nitrogens is 3. The number of hydrogen-bond donors (Lipinski definition) is 2. The molecule has 0 spiro atoms. The molecule has 1 fully saturated rings. The molecule has 7 nitrogen and oxygen atoms in total. The number of H-pyrrole nitrogens is 1. The average Bonchev–Trinajstić information content (AvgIpc) is 2.88. The molecular formula is C13H20N4O3. The zero-order chi connectivity index (χ0) is 14.8. The standard InChI is InChI=1S/C13H20N4O3/c1-3-4-9-14-10(16-15-9)11(18)17-7-5-13(2,6-8-17)12(19)20/h3-8H2,1-2H3,(H,19,20)(H,14,15,16). The molecule has 0 radical (unpaired) electrons. The lowest BCUT2D eigenvalue weighted by Crippen LogP contribution is -2.45. The Hall–Kier alpha value is -1.92. The van der Waals surface area contributed by atoms with E-state index in [1.807, 2.05) is 6.92 Å². The molecule has 0 aromatic carbocycles. The molecule has 1 saturated heterocycles. The molecule has 1 aliphatic rings. The minimum atomic E-state index is -0.798. The van der Waals surface area contributed by atoms with Crippen molar-refractivity contribution in [2.75, 3.05) is 13.1 Å². The Bertz CT molecular complexity index is 503. The largest absolute Gasteiger partial charge is 0.481 e. The van der Waals surface area contributed by atoms with Crippen LogP contribution in [0, 0.1) is 5.41 Å². The minimum Gasteiger partial charge on any atom is -0.481 e. The summed E-state index contributed by atoms with van der Waals surface area (Å²) in [6.07, 6.45) is 2.61. The average molecular weight is 280 g/mol. The predicted octanol–water partition coefficient (Wildman–Crippen LogP) is 1.08. The molecule has 0 unspecified atom stereocenters. The number of piperidine rings is 1. The van der Waals surface area contributed by atoms with Gasteiger partial charge in [0.15, 0.2) is 0 Å². The first-order valence-electron chi connectivity index (χ1n) is 6.90. The molecule has 0 atom stereocenters. The van der Waals surface area contributed by atoms with Gasteiger partial charge in [-0.15, -0.1) is 5.10 Å². The summed E-state index contributed by atoms with van der Waals surface area (Å²) < 4.78 is 0. The van der Waals surface area contributed by atoms with Crippen LogP contribution in [0.1, 0.15) is 49.6 Å². The number of aromatic amines is 1. The van der Waals surface area contributed by atoms with Crippen molar-refractivity contribution in [1.82, 2.24) is 20.1 Å². The number of carbonyl (C=O) groups excluding carboxylic acids is 1. The van der Waals surface area contributed by atoms with Crippen molar-refractivity contribution in [3.05, 3.63) is 11.6 Å². The number of likely N-dealkylation sites (tertiary alicyclic amines) is 1. The molecule has 1 aromatic rings. The molecule has 1 aromatic heterocycles. The Balaban J connectivity index is 1.99. The highest BCUT2D eigenvalue weighted by molar-refractivity contribution is 5.90. The fourth-order valence-electron chi connectivity index (χ4n) is 2.30. The Kier molecular flexibility index (Phi) is 4.06. The van der Waals surface area contributed by atoms with Crippen molar-refractivity contribution >= 4 is 11.9 Å². The smallest absolute Gasteiger partial charge is 0.309 e. The fraction of sp³-hybridized carbons (Fsp3) is 0.692. The second-order valence-corrected chi connectivity index (χ2v) is 5.51.